The number of rotatable bonds is 4. The Kier molecular flexibility index (Phi) is 4.46. The number of benzene rings is 1. The van der Waals surface area contributed by atoms with Gasteiger partial charge in [-0.1, -0.05) is 11.6 Å². The molecule has 0 unspecified atom stereocenters. The number of anilines is 2. The Morgan fingerprint density at radius 2 is 2.15 bits per heavy atom. The number of aromatic nitrogens is 1. The molecule has 0 saturated heterocycles. The van der Waals surface area contributed by atoms with E-state index < -0.39 is 5.97 Å². The van der Waals surface area contributed by atoms with Gasteiger partial charge in [-0.15, -0.1) is 0 Å². The fourth-order valence-electron chi connectivity index (χ4n) is 1.57. The van der Waals surface area contributed by atoms with Crippen LogP contribution in [0.25, 0.3) is 0 Å². The van der Waals surface area contributed by atoms with Crippen molar-refractivity contribution in [3.05, 3.63) is 45.5 Å². The minimum absolute atomic E-state index is 0.0663. The molecule has 0 spiro atoms. The zero-order valence-electron chi connectivity index (χ0n) is 10.4. The van der Waals surface area contributed by atoms with Crippen molar-refractivity contribution in [2.75, 3.05) is 12.4 Å². The summed E-state index contributed by atoms with van der Waals surface area (Å²) < 4.78 is 6.00. The van der Waals surface area contributed by atoms with Crippen LogP contribution in [-0.2, 0) is 0 Å². The van der Waals surface area contributed by atoms with E-state index in [0.29, 0.717) is 17.3 Å². The summed E-state index contributed by atoms with van der Waals surface area (Å²) in [6.45, 7) is 0. The van der Waals surface area contributed by atoms with Gasteiger partial charge in [-0.2, -0.15) is 0 Å². The molecular formula is C13H10BrClN2O3. The van der Waals surface area contributed by atoms with E-state index in [9.17, 15) is 4.79 Å². The molecule has 0 aliphatic carbocycles. The number of halogens is 2. The number of hydrogen-bond acceptors (Lipinski definition) is 4. The highest BCUT2D eigenvalue weighted by Gasteiger charge is 2.08. The average Bonchev–Trinajstić information content (AvgIpc) is 2.40. The number of carbonyl (C=O) groups is 1. The van der Waals surface area contributed by atoms with Crippen LogP contribution < -0.4 is 10.1 Å². The first-order chi connectivity index (χ1) is 9.49. The molecule has 0 radical (unpaired) electrons. The summed E-state index contributed by atoms with van der Waals surface area (Å²) in [6, 6.07) is 8.06. The molecule has 2 N–H and O–H groups in total. The lowest BCUT2D eigenvalue weighted by Crippen LogP contribution is -2.01. The van der Waals surface area contributed by atoms with Gasteiger partial charge in [0.15, 0.2) is 0 Å². The second-order valence-electron chi connectivity index (χ2n) is 3.84. The number of nitrogens with one attached hydrogen (secondary N) is 1. The summed E-state index contributed by atoms with van der Waals surface area (Å²) in [5.74, 6) is -0.0690. The van der Waals surface area contributed by atoms with Crippen molar-refractivity contribution in [1.82, 2.24) is 4.98 Å². The van der Waals surface area contributed by atoms with Gasteiger partial charge in [0.2, 0.25) is 0 Å². The summed E-state index contributed by atoms with van der Waals surface area (Å²) in [6.07, 6.45) is 0. The Balaban J connectivity index is 2.32. The van der Waals surface area contributed by atoms with Crippen LogP contribution >= 0.6 is 27.5 Å². The fraction of sp³-hybridized carbons (Fsp3) is 0.0769. The molecular weight excluding hydrogens is 348 g/mol. The van der Waals surface area contributed by atoms with Gasteiger partial charge in [0.05, 0.1) is 17.1 Å². The first kappa shape index (κ1) is 14.6. The maximum atomic E-state index is 11.0. The SMILES string of the molecule is COc1cc(Nc2cc(C(=O)O)cc(Cl)n2)ccc1Br. The van der Waals surface area contributed by atoms with Crippen LogP contribution in [0.5, 0.6) is 5.75 Å². The van der Waals surface area contributed by atoms with Gasteiger partial charge in [0.1, 0.15) is 16.7 Å². The van der Waals surface area contributed by atoms with E-state index in [1.165, 1.54) is 12.1 Å². The predicted molar refractivity (Wildman–Crippen MR) is 80.2 cm³/mol. The third-order valence-electron chi connectivity index (χ3n) is 2.46. The summed E-state index contributed by atoms with van der Waals surface area (Å²) in [5.41, 5.74) is 0.771. The van der Waals surface area contributed by atoms with Crippen LogP contribution in [-0.4, -0.2) is 23.2 Å². The van der Waals surface area contributed by atoms with Crippen molar-refractivity contribution in [2.45, 2.75) is 0 Å². The number of carboxylic acids is 1. The zero-order chi connectivity index (χ0) is 14.7. The van der Waals surface area contributed by atoms with Gasteiger partial charge in [0.25, 0.3) is 0 Å². The highest BCUT2D eigenvalue weighted by molar-refractivity contribution is 9.10. The smallest absolute Gasteiger partial charge is 0.335 e. The molecule has 2 aromatic rings. The van der Waals surface area contributed by atoms with E-state index in [4.69, 9.17) is 21.4 Å². The molecule has 1 aromatic carbocycles. The summed E-state index contributed by atoms with van der Waals surface area (Å²) in [4.78, 5) is 15.0. The van der Waals surface area contributed by atoms with Crippen molar-refractivity contribution >= 4 is 45.0 Å². The lowest BCUT2D eigenvalue weighted by Gasteiger charge is -2.09. The van der Waals surface area contributed by atoms with Crippen LogP contribution in [0.3, 0.4) is 0 Å². The summed E-state index contributed by atoms with van der Waals surface area (Å²) >= 11 is 9.15. The van der Waals surface area contributed by atoms with Gasteiger partial charge in [-0.05, 0) is 40.2 Å². The highest BCUT2D eigenvalue weighted by Crippen LogP contribution is 2.29. The molecule has 0 bridgehead atoms. The maximum Gasteiger partial charge on any atom is 0.335 e. The molecule has 7 heteroatoms. The van der Waals surface area contributed by atoms with Crippen LogP contribution in [0.1, 0.15) is 10.4 Å². The minimum atomic E-state index is -1.06. The van der Waals surface area contributed by atoms with Crippen LogP contribution in [0.2, 0.25) is 5.15 Å². The van der Waals surface area contributed by atoms with E-state index in [1.54, 1.807) is 19.2 Å². The molecule has 1 heterocycles. The topological polar surface area (TPSA) is 71.5 Å². The Hall–Kier alpha value is -1.79. The molecule has 20 heavy (non-hydrogen) atoms. The Morgan fingerprint density at radius 3 is 2.80 bits per heavy atom. The van der Waals surface area contributed by atoms with Crippen LogP contribution in [0.15, 0.2) is 34.8 Å². The van der Waals surface area contributed by atoms with Crippen LogP contribution in [0.4, 0.5) is 11.5 Å². The number of carboxylic acid groups (broad SMARTS) is 1. The molecule has 0 amide bonds. The van der Waals surface area contributed by atoms with Gasteiger partial charge >= 0.3 is 5.97 Å². The normalized spacial score (nSPS) is 10.2. The monoisotopic (exact) mass is 356 g/mol. The van der Waals surface area contributed by atoms with Gasteiger partial charge in [-0.3, -0.25) is 0 Å². The first-order valence-electron chi connectivity index (χ1n) is 5.51. The largest absolute Gasteiger partial charge is 0.495 e. The van der Waals surface area contributed by atoms with Crippen molar-refractivity contribution in [3.8, 4) is 5.75 Å². The number of nitrogens with zero attached hydrogens (tertiary/aromatic N) is 1. The summed E-state index contributed by atoms with van der Waals surface area (Å²) in [7, 11) is 1.56. The lowest BCUT2D eigenvalue weighted by molar-refractivity contribution is 0.0697. The molecule has 2 rings (SSSR count). The maximum absolute atomic E-state index is 11.0. The van der Waals surface area contributed by atoms with E-state index in [0.717, 1.165) is 4.47 Å². The van der Waals surface area contributed by atoms with Crippen molar-refractivity contribution in [3.63, 3.8) is 0 Å². The quantitative estimate of drug-likeness (QED) is 0.811. The van der Waals surface area contributed by atoms with Crippen molar-refractivity contribution in [2.24, 2.45) is 0 Å². The average molecular weight is 358 g/mol. The van der Waals surface area contributed by atoms with Gasteiger partial charge < -0.3 is 15.2 Å². The third kappa shape index (κ3) is 3.40. The number of ether oxygens (including phenoxy) is 1. The Labute approximate surface area is 128 Å². The molecule has 1 aromatic heterocycles. The lowest BCUT2D eigenvalue weighted by atomic mass is 10.2. The predicted octanol–water partition coefficient (Wildman–Crippen LogP) is 3.95. The van der Waals surface area contributed by atoms with E-state index in [1.807, 2.05) is 6.07 Å². The number of aromatic carboxylic acids is 1. The van der Waals surface area contributed by atoms with Crippen LogP contribution in [0, 0.1) is 0 Å². The van der Waals surface area contributed by atoms with Gasteiger partial charge in [-0.25, -0.2) is 9.78 Å². The summed E-state index contributed by atoms with van der Waals surface area (Å²) in [5, 5.41) is 12.1. The van der Waals surface area contributed by atoms with Gasteiger partial charge in [0, 0.05) is 11.8 Å². The Bertz CT molecular complexity index is 664. The van der Waals surface area contributed by atoms with E-state index in [2.05, 4.69) is 26.2 Å². The first-order valence-corrected chi connectivity index (χ1v) is 6.68. The third-order valence-corrected chi connectivity index (χ3v) is 3.31. The standard InChI is InChI=1S/C13H10BrClN2O3/c1-20-10-6-8(2-3-9(10)14)16-12-5-7(13(18)19)4-11(15)17-12/h2-6H,1H3,(H,16,17)(H,18,19). The number of pyridine rings is 1. The molecule has 0 aliphatic rings. The number of methoxy groups -OCH3 is 1. The second-order valence-corrected chi connectivity index (χ2v) is 5.08. The molecule has 0 atom stereocenters. The molecule has 0 saturated carbocycles. The minimum Gasteiger partial charge on any atom is -0.495 e. The van der Waals surface area contributed by atoms with Crippen molar-refractivity contribution in [1.29, 1.82) is 0 Å². The molecule has 5 nitrogen and oxygen atoms in total. The zero-order valence-corrected chi connectivity index (χ0v) is 12.7. The van der Waals surface area contributed by atoms with E-state index >= 15 is 0 Å². The second kappa shape index (κ2) is 6.11. The molecule has 0 fully saturated rings. The fourth-order valence-corrected chi connectivity index (χ4v) is 2.19. The van der Waals surface area contributed by atoms with E-state index in [-0.39, 0.29) is 10.7 Å². The number of hydrogen-bond donors (Lipinski definition) is 2. The van der Waals surface area contributed by atoms with Crippen molar-refractivity contribution < 1.29 is 14.6 Å². The Morgan fingerprint density at radius 1 is 1.40 bits per heavy atom. The molecule has 104 valence electrons. The molecule has 0 aliphatic heterocycles. The highest BCUT2D eigenvalue weighted by atomic mass is 79.9.